The van der Waals surface area contributed by atoms with E-state index in [9.17, 15) is 18.4 Å². The molecule has 2 aromatic heterocycles. The number of hydrogen-bond acceptors (Lipinski definition) is 5. The van der Waals surface area contributed by atoms with Gasteiger partial charge in [-0.2, -0.15) is 0 Å². The molecule has 3 amide bonds. The Morgan fingerprint density at radius 2 is 2.05 bits per heavy atom. The molecular formula is C26H23ClF2N6O3. The molecule has 1 fully saturated rings. The minimum Gasteiger partial charge on any atom is -0.447 e. The number of hydrogen-bond donors (Lipinski definition) is 3. The average molecular weight is 541 g/mol. The first-order valence-corrected chi connectivity index (χ1v) is 12.1. The number of amides is 3. The lowest BCUT2D eigenvalue weighted by Crippen LogP contribution is -2.48. The molecule has 0 radical (unpaired) electrons. The highest BCUT2D eigenvalue weighted by Crippen LogP contribution is 2.54. The van der Waals surface area contributed by atoms with Crippen LogP contribution in [0.25, 0.3) is 10.8 Å². The Morgan fingerprint density at radius 3 is 2.84 bits per heavy atom. The summed E-state index contributed by atoms with van der Waals surface area (Å²) in [6.45, 7) is -0.102. The maximum absolute atomic E-state index is 13.8. The summed E-state index contributed by atoms with van der Waals surface area (Å²) in [6.07, 6.45) is 4.45. The fraction of sp³-hybridized carbons (Fsp3) is 0.231. The molecule has 38 heavy (non-hydrogen) atoms. The van der Waals surface area contributed by atoms with E-state index >= 15 is 0 Å². The number of pyridine rings is 1. The number of carbonyl (C=O) groups is 2. The molecule has 1 aliphatic rings. The average Bonchev–Trinajstić information content (AvgIpc) is 3.38. The van der Waals surface area contributed by atoms with Crippen LogP contribution >= 0.6 is 11.6 Å². The quantitative estimate of drug-likeness (QED) is 0.298. The largest absolute Gasteiger partial charge is 0.447 e. The van der Waals surface area contributed by atoms with Crippen molar-refractivity contribution < 1.29 is 23.1 Å². The second-order valence-corrected chi connectivity index (χ2v) is 9.44. The van der Waals surface area contributed by atoms with Crippen LogP contribution in [0.15, 0.2) is 61.2 Å². The monoisotopic (exact) mass is 540 g/mol. The summed E-state index contributed by atoms with van der Waals surface area (Å²) in [5, 5.41) is 6.52. The number of ether oxygens (including phenoxy) is 1. The molecule has 2 atom stereocenters. The number of aromatic amines is 1. The van der Waals surface area contributed by atoms with E-state index in [1.165, 1.54) is 47.8 Å². The van der Waals surface area contributed by atoms with Crippen LogP contribution < -0.4 is 10.6 Å². The SMILES string of the molecule is CN(C(=O)NCc1cccc(F)c1Cl)C1(COC(=O)Nc2cc3cc(F)ccc3cn2)C[C@H]1c1cnc[nH]1. The van der Waals surface area contributed by atoms with Crippen molar-refractivity contribution in [3.8, 4) is 0 Å². The number of nitrogens with zero attached hydrogens (tertiary/aromatic N) is 3. The Kier molecular flexibility index (Phi) is 6.85. The number of aromatic nitrogens is 3. The maximum atomic E-state index is 13.8. The van der Waals surface area contributed by atoms with Gasteiger partial charge in [-0.3, -0.25) is 5.32 Å². The number of fused-ring (bicyclic) bond motifs is 1. The van der Waals surface area contributed by atoms with E-state index in [0.717, 1.165) is 11.1 Å². The van der Waals surface area contributed by atoms with Crippen molar-refractivity contribution in [1.29, 1.82) is 0 Å². The van der Waals surface area contributed by atoms with E-state index in [4.69, 9.17) is 16.3 Å². The predicted molar refractivity (Wildman–Crippen MR) is 137 cm³/mol. The molecule has 1 saturated carbocycles. The molecule has 0 spiro atoms. The summed E-state index contributed by atoms with van der Waals surface area (Å²) >= 11 is 6.00. The van der Waals surface area contributed by atoms with Crippen LogP contribution in [0.3, 0.4) is 0 Å². The number of anilines is 1. The predicted octanol–water partition coefficient (Wildman–Crippen LogP) is 5.21. The number of imidazole rings is 1. The minimum absolute atomic E-state index is 0.0140. The van der Waals surface area contributed by atoms with Crippen molar-refractivity contribution in [3.05, 3.63) is 89.1 Å². The van der Waals surface area contributed by atoms with Crippen molar-refractivity contribution in [2.24, 2.45) is 0 Å². The van der Waals surface area contributed by atoms with Gasteiger partial charge in [0.25, 0.3) is 0 Å². The van der Waals surface area contributed by atoms with Crippen molar-refractivity contribution in [2.75, 3.05) is 19.0 Å². The van der Waals surface area contributed by atoms with Gasteiger partial charge in [0.05, 0.1) is 16.9 Å². The third-order valence-corrected chi connectivity index (χ3v) is 7.17. The van der Waals surface area contributed by atoms with E-state index in [1.54, 1.807) is 25.4 Å². The molecule has 196 valence electrons. The lowest BCUT2D eigenvalue weighted by atomic mass is 10.1. The number of urea groups is 1. The molecule has 3 N–H and O–H groups in total. The van der Waals surface area contributed by atoms with Gasteiger partial charge in [-0.05, 0) is 47.7 Å². The van der Waals surface area contributed by atoms with E-state index in [-0.39, 0.29) is 29.9 Å². The van der Waals surface area contributed by atoms with Crippen molar-refractivity contribution >= 4 is 40.3 Å². The van der Waals surface area contributed by atoms with Crippen LogP contribution in [0.4, 0.5) is 24.2 Å². The molecule has 2 heterocycles. The molecule has 5 rings (SSSR count). The van der Waals surface area contributed by atoms with Crippen LogP contribution in [-0.2, 0) is 11.3 Å². The van der Waals surface area contributed by atoms with Gasteiger partial charge in [0.1, 0.15) is 24.1 Å². The van der Waals surface area contributed by atoms with E-state index in [0.29, 0.717) is 17.4 Å². The van der Waals surface area contributed by atoms with Gasteiger partial charge in [-0.15, -0.1) is 0 Å². The zero-order chi connectivity index (χ0) is 26.9. The van der Waals surface area contributed by atoms with Crippen LogP contribution in [0.1, 0.15) is 23.6 Å². The minimum atomic E-state index is -0.848. The standard InChI is InChI=1S/C26H23ClF2N6O3/c1-35(24(36)32-11-16-3-2-4-20(29)23(16)27)26(9-19(26)21-12-30-14-33-21)13-38-25(37)34-22-8-17-7-18(28)6-5-15(17)10-31-22/h2-8,10,12,14,19H,9,11,13H2,1H3,(H,30,33)(H,32,36)(H,31,34,37)/t19-,26?/m0/s1. The van der Waals surface area contributed by atoms with E-state index < -0.39 is 29.3 Å². The number of rotatable bonds is 7. The molecule has 12 heteroatoms. The summed E-state index contributed by atoms with van der Waals surface area (Å²) in [6, 6.07) is 9.72. The molecule has 0 aliphatic heterocycles. The Morgan fingerprint density at radius 1 is 1.21 bits per heavy atom. The Bertz CT molecular complexity index is 1500. The van der Waals surface area contributed by atoms with Gasteiger partial charge in [-0.1, -0.05) is 23.7 Å². The lowest BCUT2D eigenvalue weighted by Gasteiger charge is -2.29. The molecule has 1 unspecified atom stereocenters. The zero-order valence-electron chi connectivity index (χ0n) is 20.2. The van der Waals surface area contributed by atoms with Crippen molar-refractivity contribution in [1.82, 2.24) is 25.2 Å². The van der Waals surface area contributed by atoms with Gasteiger partial charge in [0.15, 0.2) is 0 Å². The first-order valence-electron chi connectivity index (χ1n) is 11.7. The van der Waals surface area contributed by atoms with Gasteiger partial charge >= 0.3 is 12.1 Å². The van der Waals surface area contributed by atoms with E-state index in [1.807, 2.05) is 0 Å². The lowest BCUT2D eigenvalue weighted by molar-refractivity contribution is 0.105. The summed E-state index contributed by atoms with van der Waals surface area (Å²) in [5.74, 6) is -0.942. The zero-order valence-corrected chi connectivity index (χ0v) is 20.9. The number of halogens is 3. The number of nitrogens with one attached hydrogen (secondary N) is 3. The van der Waals surface area contributed by atoms with Crippen molar-refractivity contribution in [3.63, 3.8) is 0 Å². The summed E-state index contributed by atoms with van der Waals surface area (Å²) in [7, 11) is 1.60. The second kappa shape index (κ2) is 10.3. The number of likely N-dealkylation sites (N-methyl/N-ethyl adjacent to an activating group) is 1. The van der Waals surface area contributed by atoms with Crippen LogP contribution in [0.2, 0.25) is 5.02 Å². The number of H-pyrrole nitrogens is 1. The summed E-state index contributed by atoms with van der Waals surface area (Å²) in [4.78, 5) is 38.4. The molecule has 9 nitrogen and oxygen atoms in total. The number of benzene rings is 2. The Balaban J connectivity index is 1.26. The highest BCUT2D eigenvalue weighted by molar-refractivity contribution is 6.31. The topological polar surface area (TPSA) is 112 Å². The maximum Gasteiger partial charge on any atom is 0.412 e. The van der Waals surface area contributed by atoms with Gasteiger partial charge in [-0.25, -0.2) is 28.3 Å². The van der Waals surface area contributed by atoms with Crippen LogP contribution in [0.5, 0.6) is 0 Å². The molecule has 1 aliphatic carbocycles. The first-order chi connectivity index (χ1) is 18.3. The van der Waals surface area contributed by atoms with Gasteiger partial charge in [0.2, 0.25) is 0 Å². The number of carbonyl (C=O) groups excluding carboxylic acids is 2. The molecule has 2 aromatic carbocycles. The van der Waals surface area contributed by atoms with Gasteiger partial charge < -0.3 is 19.9 Å². The normalized spacial score (nSPS) is 18.2. The summed E-state index contributed by atoms with van der Waals surface area (Å²) < 4.78 is 32.8. The molecule has 0 bridgehead atoms. The highest BCUT2D eigenvalue weighted by Gasteiger charge is 2.61. The smallest absolute Gasteiger partial charge is 0.412 e. The molecular weight excluding hydrogens is 518 g/mol. The van der Waals surface area contributed by atoms with Crippen LogP contribution in [0, 0.1) is 11.6 Å². The second-order valence-electron chi connectivity index (χ2n) is 9.06. The van der Waals surface area contributed by atoms with Gasteiger partial charge in [0, 0.05) is 43.0 Å². The first kappa shape index (κ1) is 25.4. The third-order valence-electron chi connectivity index (χ3n) is 6.74. The molecule has 4 aromatic rings. The Labute approximate surface area is 221 Å². The highest BCUT2D eigenvalue weighted by atomic mass is 35.5. The Hall–Kier alpha value is -4.25. The fourth-order valence-electron chi connectivity index (χ4n) is 4.47. The third kappa shape index (κ3) is 5.10. The molecule has 0 saturated heterocycles. The summed E-state index contributed by atoms with van der Waals surface area (Å²) in [5.41, 5.74) is 0.376. The van der Waals surface area contributed by atoms with E-state index in [2.05, 4.69) is 25.6 Å². The fourth-order valence-corrected chi connectivity index (χ4v) is 4.66. The van der Waals surface area contributed by atoms with Crippen molar-refractivity contribution in [2.45, 2.75) is 24.4 Å². The van der Waals surface area contributed by atoms with Crippen LogP contribution in [-0.4, -0.2) is 51.2 Å².